The second-order valence-corrected chi connectivity index (χ2v) is 5.59. The van der Waals surface area contributed by atoms with Gasteiger partial charge in [-0.25, -0.2) is 0 Å². The Morgan fingerprint density at radius 2 is 1.36 bits per heavy atom. The normalized spacial score (nSPS) is 20.5. The number of benzene rings is 2. The molecule has 1 fully saturated rings. The van der Waals surface area contributed by atoms with Crippen molar-refractivity contribution in [2.45, 2.75) is 12.3 Å². The molecular weight excluding hydrogens is 280 g/mol. The van der Waals surface area contributed by atoms with Crippen LogP contribution in [0, 0.1) is 5.92 Å². The lowest BCUT2D eigenvalue weighted by atomic mass is 9.71. The molecule has 0 spiro atoms. The van der Waals surface area contributed by atoms with Gasteiger partial charge in [-0.3, -0.25) is 14.4 Å². The van der Waals surface area contributed by atoms with Crippen LogP contribution in [-0.4, -0.2) is 17.7 Å². The second kappa shape index (κ2) is 4.63. The first-order valence-corrected chi connectivity index (χ1v) is 7.14. The Morgan fingerprint density at radius 1 is 0.818 bits per heavy atom. The first-order chi connectivity index (χ1) is 10.7. The van der Waals surface area contributed by atoms with Gasteiger partial charge in [-0.05, 0) is 11.1 Å². The van der Waals surface area contributed by atoms with Crippen LogP contribution in [0.3, 0.4) is 0 Å². The summed E-state index contributed by atoms with van der Waals surface area (Å²) in [6, 6.07) is 14.5. The number of fused-ring (bicyclic) bond motifs is 2. The molecule has 0 saturated carbocycles. The van der Waals surface area contributed by atoms with E-state index in [4.69, 9.17) is 4.74 Å². The number of rotatable bonds is 1. The molecule has 0 N–H and O–H groups in total. The van der Waals surface area contributed by atoms with Crippen LogP contribution in [0.5, 0.6) is 0 Å². The minimum Gasteiger partial charge on any atom is -0.393 e. The van der Waals surface area contributed by atoms with Crippen molar-refractivity contribution in [2.24, 2.45) is 5.92 Å². The summed E-state index contributed by atoms with van der Waals surface area (Å²) >= 11 is 0. The number of cyclic esters (lactones) is 2. The van der Waals surface area contributed by atoms with Gasteiger partial charge in [0, 0.05) is 17.0 Å². The summed E-state index contributed by atoms with van der Waals surface area (Å²) in [5.41, 5.74) is 2.78. The fourth-order valence-electron chi connectivity index (χ4n) is 3.44. The third-order valence-corrected chi connectivity index (χ3v) is 4.39. The maximum atomic E-state index is 12.6. The Balaban J connectivity index is 1.95. The van der Waals surface area contributed by atoms with Crippen LogP contribution in [-0.2, 0) is 14.3 Å². The molecule has 0 amide bonds. The zero-order chi connectivity index (χ0) is 15.3. The SMILES string of the molecule is O=C1C[C@@H](C2c3ccccc3C(=O)c3ccccc32)C(=O)O1. The van der Waals surface area contributed by atoms with Crippen LogP contribution in [0.4, 0.5) is 0 Å². The van der Waals surface area contributed by atoms with Gasteiger partial charge >= 0.3 is 11.9 Å². The van der Waals surface area contributed by atoms with E-state index in [1.165, 1.54) is 0 Å². The predicted molar refractivity (Wildman–Crippen MR) is 77.4 cm³/mol. The van der Waals surface area contributed by atoms with Crippen LogP contribution < -0.4 is 0 Å². The molecule has 2 aliphatic rings. The molecule has 2 aromatic rings. The van der Waals surface area contributed by atoms with Crippen molar-refractivity contribution in [1.29, 1.82) is 0 Å². The fraction of sp³-hybridized carbons (Fsp3) is 0.167. The van der Waals surface area contributed by atoms with Crippen LogP contribution >= 0.6 is 0 Å². The van der Waals surface area contributed by atoms with Crippen molar-refractivity contribution in [3.05, 3.63) is 70.8 Å². The summed E-state index contributed by atoms with van der Waals surface area (Å²) in [6.45, 7) is 0. The van der Waals surface area contributed by atoms with Crippen molar-refractivity contribution < 1.29 is 19.1 Å². The van der Waals surface area contributed by atoms with Gasteiger partial charge in [0.2, 0.25) is 0 Å². The zero-order valence-corrected chi connectivity index (χ0v) is 11.6. The number of hydrogen-bond donors (Lipinski definition) is 0. The Hall–Kier alpha value is -2.75. The Bertz CT molecular complexity index is 772. The van der Waals surface area contributed by atoms with Crippen molar-refractivity contribution in [1.82, 2.24) is 0 Å². The molecule has 4 rings (SSSR count). The molecule has 2 aromatic carbocycles. The summed E-state index contributed by atoms with van der Waals surface area (Å²) in [6.07, 6.45) is 0.0559. The molecule has 4 heteroatoms. The van der Waals surface area contributed by atoms with Crippen LogP contribution in [0.15, 0.2) is 48.5 Å². The van der Waals surface area contributed by atoms with Crippen LogP contribution in [0.2, 0.25) is 0 Å². The molecule has 1 heterocycles. The first-order valence-electron chi connectivity index (χ1n) is 7.14. The minimum atomic E-state index is -0.567. The standard InChI is InChI=1S/C18H12O4/c19-15-9-14(18(21)22-15)16-10-5-1-3-7-12(10)17(20)13-8-4-2-6-11(13)16/h1-8,14,16H,9H2/t14-/m0/s1. The average molecular weight is 292 g/mol. The first kappa shape index (κ1) is 13.0. The lowest BCUT2D eigenvalue weighted by Crippen LogP contribution is -2.27. The molecule has 1 saturated heterocycles. The highest BCUT2D eigenvalue weighted by Gasteiger charge is 2.44. The Labute approximate surface area is 126 Å². The Morgan fingerprint density at radius 3 is 1.86 bits per heavy atom. The van der Waals surface area contributed by atoms with Gasteiger partial charge in [0.15, 0.2) is 5.78 Å². The van der Waals surface area contributed by atoms with E-state index in [2.05, 4.69) is 0 Å². The molecule has 4 nitrogen and oxygen atoms in total. The molecule has 0 bridgehead atoms. The number of carbonyl (C=O) groups is 3. The van der Waals surface area contributed by atoms with Gasteiger partial charge in [0.1, 0.15) is 0 Å². The molecule has 1 aliphatic heterocycles. The summed E-state index contributed by atoms with van der Waals surface area (Å²) < 4.78 is 4.72. The monoisotopic (exact) mass is 292 g/mol. The van der Waals surface area contributed by atoms with Crippen LogP contribution in [0.1, 0.15) is 39.4 Å². The smallest absolute Gasteiger partial charge is 0.318 e. The fourth-order valence-corrected chi connectivity index (χ4v) is 3.44. The summed E-state index contributed by atoms with van der Waals surface area (Å²) in [7, 11) is 0. The molecule has 1 aliphatic carbocycles. The molecule has 0 radical (unpaired) electrons. The minimum absolute atomic E-state index is 0.0415. The summed E-state index contributed by atoms with van der Waals surface area (Å²) in [4.78, 5) is 36.2. The van der Waals surface area contributed by atoms with Crippen molar-refractivity contribution in [3.63, 3.8) is 0 Å². The predicted octanol–water partition coefficient (Wildman–Crippen LogP) is 2.45. The highest BCUT2D eigenvalue weighted by atomic mass is 16.6. The molecular formula is C18H12O4. The number of carbonyl (C=O) groups excluding carboxylic acids is 3. The lowest BCUT2D eigenvalue weighted by molar-refractivity contribution is -0.153. The van der Waals surface area contributed by atoms with Gasteiger partial charge < -0.3 is 4.74 Å². The quantitative estimate of drug-likeness (QED) is 0.598. The van der Waals surface area contributed by atoms with Gasteiger partial charge in [-0.15, -0.1) is 0 Å². The van der Waals surface area contributed by atoms with Gasteiger partial charge in [-0.1, -0.05) is 48.5 Å². The largest absolute Gasteiger partial charge is 0.393 e. The molecule has 1 atom stereocenters. The number of ketones is 1. The number of esters is 2. The van der Waals surface area contributed by atoms with Crippen LogP contribution in [0.25, 0.3) is 0 Å². The number of hydrogen-bond acceptors (Lipinski definition) is 4. The maximum absolute atomic E-state index is 12.6. The Kier molecular flexibility index (Phi) is 2.73. The summed E-state index contributed by atoms with van der Waals surface area (Å²) in [5, 5.41) is 0. The molecule has 0 aromatic heterocycles. The van der Waals surface area contributed by atoms with E-state index in [1.54, 1.807) is 24.3 Å². The van der Waals surface area contributed by atoms with Crippen molar-refractivity contribution in [3.8, 4) is 0 Å². The third-order valence-electron chi connectivity index (χ3n) is 4.39. The van der Waals surface area contributed by atoms with E-state index in [0.717, 1.165) is 11.1 Å². The summed E-state index contributed by atoms with van der Waals surface area (Å²) in [5.74, 6) is -1.93. The van der Waals surface area contributed by atoms with Gasteiger partial charge in [-0.2, -0.15) is 0 Å². The van der Waals surface area contributed by atoms with E-state index in [9.17, 15) is 14.4 Å². The van der Waals surface area contributed by atoms with E-state index >= 15 is 0 Å². The van der Waals surface area contributed by atoms with E-state index in [1.807, 2.05) is 24.3 Å². The second-order valence-electron chi connectivity index (χ2n) is 5.59. The molecule has 22 heavy (non-hydrogen) atoms. The van der Waals surface area contributed by atoms with Gasteiger partial charge in [0.05, 0.1) is 12.3 Å². The van der Waals surface area contributed by atoms with Crippen molar-refractivity contribution >= 4 is 17.7 Å². The molecule has 0 unspecified atom stereocenters. The zero-order valence-electron chi connectivity index (χ0n) is 11.6. The number of ether oxygens (including phenoxy) is 1. The van der Waals surface area contributed by atoms with Crippen molar-refractivity contribution in [2.75, 3.05) is 0 Å². The molecule has 108 valence electrons. The highest BCUT2D eigenvalue weighted by molar-refractivity contribution is 6.13. The topological polar surface area (TPSA) is 60.4 Å². The van der Waals surface area contributed by atoms with E-state index in [0.29, 0.717) is 11.1 Å². The van der Waals surface area contributed by atoms with E-state index in [-0.39, 0.29) is 18.1 Å². The third kappa shape index (κ3) is 1.73. The average Bonchev–Trinajstić information content (AvgIpc) is 2.86. The van der Waals surface area contributed by atoms with Gasteiger partial charge in [0.25, 0.3) is 0 Å². The maximum Gasteiger partial charge on any atom is 0.318 e. The highest BCUT2D eigenvalue weighted by Crippen LogP contribution is 2.44. The lowest BCUT2D eigenvalue weighted by Gasteiger charge is -2.29. The van der Waals surface area contributed by atoms with E-state index < -0.39 is 17.9 Å².